The van der Waals surface area contributed by atoms with Crippen LogP contribution >= 0.6 is 0 Å². The Morgan fingerprint density at radius 1 is 1.47 bits per heavy atom. The summed E-state index contributed by atoms with van der Waals surface area (Å²) in [5, 5.41) is 7.38. The summed E-state index contributed by atoms with van der Waals surface area (Å²) < 4.78 is 28.2. The molecule has 0 saturated heterocycles. The number of sulfonamides is 1. The molecular weight excluding hydrogens is 268 g/mol. The van der Waals surface area contributed by atoms with Gasteiger partial charge in [0.05, 0.1) is 12.2 Å². The summed E-state index contributed by atoms with van der Waals surface area (Å²) in [6.45, 7) is 2.61. The SMILES string of the molecule is CCn1cnnc1CNS(=O)(=O)c1ncccc1N. The van der Waals surface area contributed by atoms with Gasteiger partial charge in [-0.2, -0.15) is 0 Å². The average Bonchev–Trinajstić information content (AvgIpc) is 2.84. The van der Waals surface area contributed by atoms with E-state index in [-0.39, 0.29) is 17.3 Å². The van der Waals surface area contributed by atoms with Gasteiger partial charge in [-0.15, -0.1) is 10.2 Å². The van der Waals surface area contributed by atoms with Crippen molar-refractivity contribution in [2.75, 3.05) is 5.73 Å². The van der Waals surface area contributed by atoms with Crippen LogP contribution in [0.2, 0.25) is 0 Å². The van der Waals surface area contributed by atoms with Crippen LogP contribution in [-0.4, -0.2) is 28.2 Å². The third-order valence-electron chi connectivity index (χ3n) is 2.51. The molecule has 0 saturated carbocycles. The van der Waals surface area contributed by atoms with Gasteiger partial charge in [-0.05, 0) is 19.1 Å². The van der Waals surface area contributed by atoms with Crippen LogP contribution in [0.25, 0.3) is 0 Å². The van der Waals surface area contributed by atoms with E-state index in [4.69, 9.17) is 5.73 Å². The summed E-state index contributed by atoms with van der Waals surface area (Å²) in [7, 11) is -3.76. The highest BCUT2D eigenvalue weighted by Gasteiger charge is 2.19. The van der Waals surface area contributed by atoms with Gasteiger partial charge in [-0.1, -0.05) is 0 Å². The lowest BCUT2D eigenvalue weighted by Gasteiger charge is -2.08. The van der Waals surface area contributed by atoms with Crippen molar-refractivity contribution in [3.05, 3.63) is 30.5 Å². The first-order valence-electron chi connectivity index (χ1n) is 5.61. The van der Waals surface area contributed by atoms with Crippen molar-refractivity contribution in [3.63, 3.8) is 0 Å². The van der Waals surface area contributed by atoms with Gasteiger partial charge in [0.2, 0.25) is 0 Å². The summed E-state index contributed by atoms with van der Waals surface area (Å²) >= 11 is 0. The van der Waals surface area contributed by atoms with Crippen LogP contribution in [0.4, 0.5) is 5.69 Å². The number of rotatable bonds is 5. The van der Waals surface area contributed by atoms with Gasteiger partial charge >= 0.3 is 0 Å². The summed E-state index contributed by atoms with van der Waals surface area (Å²) in [5.74, 6) is 0.528. The molecule has 0 atom stereocenters. The second-order valence-corrected chi connectivity index (χ2v) is 5.44. The highest BCUT2D eigenvalue weighted by molar-refractivity contribution is 7.89. The Hall–Kier alpha value is -2.00. The molecule has 0 fully saturated rings. The van der Waals surface area contributed by atoms with E-state index in [0.29, 0.717) is 12.4 Å². The first-order chi connectivity index (χ1) is 9.04. The highest BCUT2D eigenvalue weighted by atomic mass is 32.2. The molecule has 0 bridgehead atoms. The average molecular weight is 282 g/mol. The molecular formula is C10H14N6O2S. The quantitative estimate of drug-likeness (QED) is 0.781. The summed E-state index contributed by atoms with van der Waals surface area (Å²) in [6.07, 6.45) is 2.91. The van der Waals surface area contributed by atoms with Crippen molar-refractivity contribution >= 4 is 15.7 Å². The number of nitrogen functional groups attached to an aromatic ring is 1. The minimum atomic E-state index is -3.76. The molecule has 2 aromatic rings. The summed E-state index contributed by atoms with van der Waals surface area (Å²) in [6, 6.07) is 3.05. The Kier molecular flexibility index (Phi) is 3.76. The first-order valence-corrected chi connectivity index (χ1v) is 7.09. The van der Waals surface area contributed by atoms with Gasteiger partial charge in [-0.25, -0.2) is 18.1 Å². The number of hydrogen-bond donors (Lipinski definition) is 2. The number of aryl methyl sites for hydroxylation is 1. The maximum Gasteiger partial charge on any atom is 0.260 e. The van der Waals surface area contributed by atoms with Crippen molar-refractivity contribution in [2.45, 2.75) is 25.0 Å². The third-order valence-corrected chi connectivity index (χ3v) is 3.89. The molecule has 2 heterocycles. The van der Waals surface area contributed by atoms with Gasteiger partial charge in [0.15, 0.2) is 5.03 Å². The van der Waals surface area contributed by atoms with Crippen LogP contribution in [0.5, 0.6) is 0 Å². The molecule has 0 aromatic carbocycles. The molecule has 2 rings (SSSR count). The number of nitrogens with zero attached hydrogens (tertiary/aromatic N) is 4. The maximum absolute atomic E-state index is 12.0. The number of nitrogens with one attached hydrogen (secondary N) is 1. The van der Waals surface area contributed by atoms with Crippen molar-refractivity contribution in [1.82, 2.24) is 24.5 Å². The molecule has 0 amide bonds. The standard InChI is InChI=1S/C10H14N6O2S/c1-2-16-7-13-15-9(16)6-14-19(17,18)10-8(11)4-3-5-12-10/h3-5,7,14H,2,6,11H2,1H3. The summed E-state index contributed by atoms with van der Waals surface area (Å²) in [4.78, 5) is 3.77. The number of aromatic nitrogens is 4. The molecule has 0 aliphatic heterocycles. The zero-order valence-electron chi connectivity index (χ0n) is 10.3. The van der Waals surface area contributed by atoms with Crippen LogP contribution in [0.15, 0.2) is 29.7 Å². The van der Waals surface area contributed by atoms with E-state index >= 15 is 0 Å². The molecule has 9 heteroatoms. The normalized spacial score (nSPS) is 11.6. The first kappa shape index (κ1) is 13.4. The monoisotopic (exact) mass is 282 g/mol. The number of hydrogen-bond acceptors (Lipinski definition) is 6. The molecule has 0 spiro atoms. The topological polar surface area (TPSA) is 116 Å². The van der Waals surface area contributed by atoms with E-state index in [9.17, 15) is 8.42 Å². The smallest absolute Gasteiger partial charge is 0.260 e. The minimum Gasteiger partial charge on any atom is -0.396 e. The second kappa shape index (κ2) is 5.33. The highest BCUT2D eigenvalue weighted by Crippen LogP contribution is 2.13. The van der Waals surface area contributed by atoms with E-state index in [2.05, 4.69) is 19.9 Å². The Labute approximate surface area is 110 Å². The lowest BCUT2D eigenvalue weighted by Crippen LogP contribution is -2.26. The van der Waals surface area contributed by atoms with Crippen LogP contribution in [0.3, 0.4) is 0 Å². The molecule has 19 heavy (non-hydrogen) atoms. The van der Waals surface area contributed by atoms with E-state index < -0.39 is 10.0 Å². The predicted octanol–water partition coefficient (Wildman–Crippen LogP) is -0.246. The minimum absolute atomic E-state index is 0.0339. The van der Waals surface area contributed by atoms with E-state index in [1.807, 2.05) is 6.92 Å². The zero-order valence-corrected chi connectivity index (χ0v) is 11.1. The molecule has 3 N–H and O–H groups in total. The van der Waals surface area contributed by atoms with Gasteiger partial charge in [0.1, 0.15) is 12.2 Å². The van der Waals surface area contributed by atoms with Crippen molar-refractivity contribution in [2.24, 2.45) is 0 Å². The fraction of sp³-hybridized carbons (Fsp3) is 0.300. The number of nitrogens with two attached hydrogens (primary N) is 1. The second-order valence-electron chi connectivity index (χ2n) is 3.76. The molecule has 102 valence electrons. The molecule has 0 radical (unpaired) electrons. The number of anilines is 1. The fourth-order valence-electron chi connectivity index (χ4n) is 1.54. The Morgan fingerprint density at radius 2 is 2.26 bits per heavy atom. The lowest BCUT2D eigenvalue weighted by molar-refractivity contribution is 0.572. The zero-order chi connectivity index (χ0) is 13.9. The number of pyridine rings is 1. The Balaban J connectivity index is 2.17. The maximum atomic E-state index is 12.0. The molecule has 2 aromatic heterocycles. The molecule has 0 aliphatic carbocycles. The fourth-order valence-corrected chi connectivity index (χ4v) is 2.57. The third kappa shape index (κ3) is 2.88. The van der Waals surface area contributed by atoms with Gasteiger partial charge in [-0.3, -0.25) is 0 Å². The van der Waals surface area contributed by atoms with Crippen molar-refractivity contribution in [1.29, 1.82) is 0 Å². The Bertz CT molecular complexity index is 666. The predicted molar refractivity (Wildman–Crippen MR) is 68.4 cm³/mol. The molecule has 8 nitrogen and oxygen atoms in total. The lowest BCUT2D eigenvalue weighted by atomic mass is 10.4. The van der Waals surface area contributed by atoms with Crippen LogP contribution in [-0.2, 0) is 23.1 Å². The van der Waals surface area contributed by atoms with Gasteiger partial charge < -0.3 is 10.3 Å². The largest absolute Gasteiger partial charge is 0.396 e. The van der Waals surface area contributed by atoms with E-state index in [1.165, 1.54) is 12.3 Å². The molecule has 0 aliphatic rings. The summed E-state index contributed by atoms with van der Waals surface area (Å²) in [5.41, 5.74) is 5.70. The van der Waals surface area contributed by atoms with Gasteiger partial charge in [0.25, 0.3) is 10.0 Å². The van der Waals surface area contributed by atoms with E-state index in [1.54, 1.807) is 17.0 Å². The van der Waals surface area contributed by atoms with E-state index in [0.717, 1.165) is 0 Å². The van der Waals surface area contributed by atoms with Crippen molar-refractivity contribution in [3.8, 4) is 0 Å². The van der Waals surface area contributed by atoms with Crippen LogP contribution < -0.4 is 10.5 Å². The van der Waals surface area contributed by atoms with Crippen LogP contribution in [0, 0.1) is 0 Å². The van der Waals surface area contributed by atoms with Gasteiger partial charge in [0, 0.05) is 12.7 Å². The molecule has 0 unspecified atom stereocenters. The Morgan fingerprint density at radius 3 is 2.95 bits per heavy atom. The van der Waals surface area contributed by atoms with Crippen molar-refractivity contribution < 1.29 is 8.42 Å². The van der Waals surface area contributed by atoms with Crippen LogP contribution in [0.1, 0.15) is 12.7 Å².